The van der Waals surface area contributed by atoms with Gasteiger partial charge >= 0.3 is 0 Å². The van der Waals surface area contributed by atoms with Crippen molar-refractivity contribution < 1.29 is 13.2 Å². The van der Waals surface area contributed by atoms with E-state index >= 15 is 0 Å². The molecule has 1 heterocycles. The van der Waals surface area contributed by atoms with Gasteiger partial charge in [0.25, 0.3) is 0 Å². The van der Waals surface area contributed by atoms with Gasteiger partial charge in [0.05, 0.1) is 4.90 Å². The van der Waals surface area contributed by atoms with Crippen molar-refractivity contribution in [3.8, 4) is 0 Å². The largest absolute Gasteiger partial charge is 0.354 e. The van der Waals surface area contributed by atoms with Crippen LogP contribution in [0.4, 0.5) is 0 Å². The Balaban J connectivity index is 0.00000364. The Hall–Kier alpha value is -1.15. The van der Waals surface area contributed by atoms with Crippen LogP contribution in [0.5, 0.6) is 0 Å². The molecule has 154 valence electrons. The minimum absolute atomic E-state index is 0. The molecule has 1 aliphatic heterocycles. The number of hydrogen-bond acceptors (Lipinski definition) is 4. The highest BCUT2D eigenvalue weighted by Crippen LogP contribution is 2.14. The van der Waals surface area contributed by atoms with E-state index in [0.717, 1.165) is 31.5 Å². The van der Waals surface area contributed by atoms with E-state index in [-0.39, 0.29) is 29.1 Å². The minimum atomic E-state index is -3.73. The number of carbonyl (C=O) groups is 1. The quantitative estimate of drug-likeness (QED) is 0.605. The molecule has 2 rings (SSSR count). The van der Waals surface area contributed by atoms with Crippen LogP contribution in [-0.4, -0.2) is 40.0 Å². The summed E-state index contributed by atoms with van der Waals surface area (Å²) >= 11 is 0. The Labute approximate surface area is 169 Å². The topological polar surface area (TPSA) is 87.3 Å². The summed E-state index contributed by atoms with van der Waals surface area (Å²) in [5, 5.41) is 6.26. The van der Waals surface area contributed by atoms with Gasteiger partial charge in [-0.25, -0.2) is 8.42 Å². The minimum Gasteiger partial charge on any atom is -0.354 e. The number of nitrogens with one attached hydrogen (secondary N) is 3. The number of benzene rings is 1. The molecule has 1 amide bonds. The van der Waals surface area contributed by atoms with Crippen LogP contribution >= 0.6 is 12.4 Å². The van der Waals surface area contributed by atoms with Crippen LogP contribution in [-0.2, 0) is 14.8 Å². The zero-order chi connectivity index (χ0) is 19.2. The molecule has 2 atom stereocenters. The average molecular weight is 418 g/mol. The summed E-state index contributed by atoms with van der Waals surface area (Å²) in [6, 6.07) is 5.87. The second kappa shape index (κ2) is 11.0. The van der Waals surface area contributed by atoms with E-state index in [4.69, 9.17) is 0 Å². The molecule has 1 aromatic carbocycles. The van der Waals surface area contributed by atoms with Crippen molar-refractivity contribution in [2.75, 3.05) is 19.6 Å². The van der Waals surface area contributed by atoms with Gasteiger partial charge in [0.2, 0.25) is 15.9 Å². The van der Waals surface area contributed by atoms with Crippen LogP contribution in [0.3, 0.4) is 0 Å². The lowest BCUT2D eigenvalue weighted by atomic mass is 9.99. The van der Waals surface area contributed by atoms with E-state index in [1.165, 1.54) is 0 Å². The van der Waals surface area contributed by atoms with Gasteiger partial charge in [-0.15, -0.1) is 12.4 Å². The Bertz CT molecular complexity index is 687. The third-order valence-corrected chi connectivity index (χ3v) is 6.10. The number of piperidine rings is 1. The van der Waals surface area contributed by atoms with Crippen LogP contribution < -0.4 is 15.4 Å². The van der Waals surface area contributed by atoms with Crippen LogP contribution in [0, 0.1) is 18.8 Å². The zero-order valence-corrected chi connectivity index (χ0v) is 18.0. The predicted molar refractivity (Wildman–Crippen MR) is 111 cm³/mol. The lowest BCUT2D eigenvalue weighted by molar-refractivity contribution is -0.123. The molecule has 0 bridgehead atoms. The summed E-state index contributed by atoms with van der Waals surface area (Å²) in [5.41, 5.74) is 0.988. The first-order valence-corrected chi connectivity index (χ1v) is 10.8. The van der Waals surface area contributed by atoms with Gasteiger partial charge in [-0.3, -0.25) is 4.79 Å². The molecule has 1 fully saturated rings. The zero-order valence-electron chi connectivity index (χ0n) is 16.3. The fourth-order valence-electron chi connectivity index (χ4n) is 3.12. The maximum atomic E-state index is 12.6. The number of halogens is 1. The number of amides is 1. The van der Waals surface area contributed by atoms with Gasteiger partial charge in [0.15, 0.2) is 0 Å². The van der Waals surface area contributed by atoms with E-state index < -0.39 is 16.1 Å². The highest BCUT2D eigenvalue weighted by atomic mass is 35.5. The first-order valence-electron chi connectivity index (χ1n) is 9.35. The highest BCUT2D eigenvalue weighted by Gasteiger charge is 2.27. The number of rotatable bonds is 8. The fraction of sp³-hybridized carbons (Fsp3) is 0.632. The summed E-state index contributed by atoms with van der Waals surface area (Å²) in [4.78, 5) is 12.8. The Morgan fingerprint density at radius 1 is 1.26 bits per heavy atom. The molecule has 0 saturated carbocycles. The van der Waals surface area contributed by atoms with E-state index in [1.54, 1.807) is 24.3 Å². The number of hydrogen-bond donors (Lipinski definition) is 3. The lowest BCUT2D eigenvalue weighted by Crippen LogP contribution is -2.49. The van der Waals surface area contributed by atoms with Crippen molar-refractivity contribution in [1.82, 2.24) is 15.4 Å². The average Bonchev–Trinajstić information content (AvgIpc) is 2.60. The third-order valence-electron chi connectivity index (χ3n) is 4.62. The smallest absolute Gasteiger partial charge is 0.241 e. The van der Waals surface area contributed by atoms with Crippen molar-refractivity contribution in [3.63, 3.8) is 0 Å². The molecule has 1 saturated heterocycles. The molecule has 2 unspecified atom stereocenters. The van der Waals surface area contributed by atoms with E-state index in [0.29, 0.717) is 18.9 Å². The van der Waals surface area contributed by atoms with Gasteiger partial charge in [-0.05, 0) is 63.2 Å². The van der Waals surface area contributed by atoms with Crippen LogP contribution in [0.25, 0.3) is 0 Å². The summed E-state index contributed by atoms with van der Waals surface area (Å²) in [6.45, 7) is 8.35. The Kier molecular flexibility index (Phi) is 9.73. The molecule has 6 nitrogen and oxygen atoms in total. The molecular formula is C19H32ClN3O3S. The predicted octanol–water partition coefficient (Wildman–Crippen LogP) is 2.23. The van der Waals surface area contributed by atoms with Crippen molar-refractivity contribution in [3.05, 3.63) is 29.8 Å². The fourth-order valence-corrected chi connectivity index (χ4v) is 4.33. The second-order valence-electron chi connectivity index (χ2n) is 7.57. The number of aryl methyl sites for hydroxylation is 1. The molecular weight excluding hydrogens is 386 g/mol. The highest BCUT2D eigenvalue weighted by molar-refractivity contribution is 7.89. The van der Waals surface area contributed by atoms with Crippen molar-refractivity contribution in [2.45, 2.75) is 51.0 Å². The Morgan fingerprint density at radius 2 is 1.93 bits per heavy atom. The van der Waals surface area contributed by atoms with Gasteiger partial charge in [-0.2, -0.15) is 4.72 Å². The third kappa shape index (κ3) is 7.78. The summed E-state index contributed by atoms with van der Waals surface area (Å²) in [6.07, 6.45) is 2.65. The molecule has 1 aliphatic rings. The van der Waals surface area contributed by atoms with Crippen molar-refractivity contribution in [2.24, 2.45) is 11.8 Å². The van der Waals surface area contributed by atoms with Crippen molar-refractivity contribution in [1.29, 1.82) is 0 Å². The summed E-state index contributed by atoms with van der Waals surface area (Å²) in [7, 11) is -3.73. The molecule has 0 aliphatic carbocycles. The standard InChI is InChI=1S/C19H31N3O3S.ClH/c1-14(2)11-18(19(23)21-13-16-5-4-10-20-12-16)22-26(24,25)17-8-6-15(3)7-9-17;/h6-9,14,16,18,20,22H,4-5,10-13H2,1-3H3,(H,21,23);1H. The molecule has 8 heteroatoms. The second-order valence-corrected chi connectivity index (χ2v) is 9.29. The molecule has 0 aromatic heterocycles. The van der Waals surface area contributed by atoms with Gasteiger partial charge in [-0.1, -0.05) is 31.5 Å². The SMILES string of the molecule is Cc1ccc(S(=O)(=O)NC(CC(C)C)C(=O)NCC2CCCNC2)cc1.Cl. The normalized spacial score (nSPS) is 18.6. The molecule has 27 heavy (non-hydrogen) atoms. The first kappa shape index (κ1) is 23.9. The van der Waals surface area contributed by atoms with E-state index in [2.05, 4.69) is 15.4 Å². The molecule has 0 spiro atoms. The van der Waals surface area contributed by atoms with Crippen LogP contribution in [0.1, 0.15) is 38.7 Å². The maximum absolute atomic E-state index is 12.6. The van der Waals surface area contributed by atoms with Crippen molar-refractivity contribution >= 4 is 28.3 Å². The van der Waals surface area contributed by atoms with Crippen LogP contribution in [0.2, 0.25) is 0 Å². The van der Waals surface area contributed by atoms with Gasteiger partial charge < -0.3 is 10.6 Å². The molecule has 1 aromatic rings. The maximum Gasteiger partial charge on any atom is 0.241 e. The molecule has 3 N–H and O–H groups in total. The molecule has 0 radical (unpaired) electrons. The van der Waals surface area contributed by atoms with Crippen LogP contribution in [0.15, 0.2) is 29.2 Å². The lowest BCUT2D eigenvalue weighted by Gasteiger charge is -2.25. The monoisotopic (exact) mass is 417 g/mol. The van der Waals surface area contributed by atoms with Gasteiger partial charge in [0.1, 0.15) is 6.04 Å². The van der Waals surface area contributed by atoms with E-state index in [1.807, 2.05) is 20.8 Å². The summed E-state index contributed by atoms with van der Waals surface area (Å²) < 4.78 is 27.9. The first-order chi connectivity index (χ1) is 12.3. The Morgan fingerprint density at radius 3 is 2.48 bits per heavy atom. The number of sulfonamides is 1. The summed E-state index contributed by atoms with van der Waals surface area (Å²) in [5.74, 6) is 0.351. The van der Waals surface area contributed by atoms with E-state index in [9.17, 15) is 13.2 Å². The number of carbonyl (C=O) groups excluding carboxylic acids is 1. The van der Waals surface area contributed by atoms with Gasteiger partial charge in [0, 0.05) is 6.54 Å².